The molecule has 0 fully saturated rings. The number of carbonyl (C=O) groups is 1. The van der Waals surface area contributed by atoms with E-state index in [9.17, 15) is 9.18 Å². The second-order valence-electron chi connectivity index (χ2n) is 7.18. The molecule has 0 saturated carbocycles. The molecular weight excluding hydrogens is 363 g/mol. The Morgan fingerprint density at radius 1 is 0.931 bits per heavy atom. The van der Waals surface area contributed by atoms with Crippen LogP contribution < -0.4 is 5.32 Å². The summed E-state index contributed by atoms with van der Waals surface area (Å²) in [6.45, 7) is 0.522. The van der Waals surface area contributed by atoms with Gasteiger partial charge in [-0.15, -0.1) is 0 Å². The standard InChI is InChI=1S/C25H23FN2O/c26-20-13-10-18(11-14-20)12-15-25(29)28-16-22(19-6-2-1-3-7-19)23-17-27-24-9-5-4-8-21(23)24/h1-11,13-14,17,22,27H,12,15-16H2,(H,28,29). The van der Waals surface area contributed by atoms with E-state index in [0.717, 1.165) is 16.6 Å². The molecule has 1 heterocycles. The summed E-state index contributed by atoms with van der Waals surface area (Å²) in [5.41, 5.74) is 4.38. The van der Waals surface area contributed by atoms with Crippen LogP contribution in [0.2, 0.25) is 0 Å². The van der Waals surface area contributed by atoms with Crippen molar-refractivity contribution in [1.29, 1.82) is 0 Å². The van der Waals surface area contributed by atoms with Gasteiger partial charge in [-0.05, 0) is 41.3 Å². The zero-order chi connectivity index (χ0) is 20.1. The van der Waals surface area contributed by atoms with Crippen LogP contribution in [0.5, 0.6) is 0 Å². The van der Waals surface area contributed by atoms with Gasteiger partial charge in [0.2, 0.25) is 5.91 Å². The number of rotatable bonds is 7. The van der Waals surface area contributed by atoms with Gasteiger partial charge in [0, 0.05) is 36.0 Å². The monoisotopic (exact) mass is 386 g/mol. The number of halogens is 1. The molecule has 0 aliphatic rings. The number of para-hydroxylation sites is 1. The molecule has 2 N–H and O–H groups in total. The van der Waals surface area contributed by atoms with Crippen LogP contribution in [0.1, 0.15) is 29.0 Å². The topological polar surface area (TPSA) is 44.9 Å². The minimum absolute atomic E-state index is 0.00454. The summed E-state index contributed by atoms with van der Waals surface area (Å²) >= 11 is 0. The fourth-order valence-electron chi connectivity index (χ4n) is 3.69. The third kappa shape index (κ3) is 4.54. The summed E-state index contributed by atoms with van der Waals surface area (Å²) in [6, 6.07) is 24.7. The Hall–Kier alpha value is -3.40. The van der Waals surface area contributed by atoms with Crippen LogP contribution in [0.3, 0.4) is 0 Å². The van der Waals surface area contributed by atoms with Gasteiger partial charge in [-0.2, -0.15) is 0 Å². The van der Waals surface area contributed by atoms with Crippen molar-refractivity contribution in [2.75, 3.05) is 6.54 Å². The van der Waals surface area contributed by atoms with Crippen molar-refractivity contribution >= 4 is 16.8 Å². The minimum atomic E-state index is -0.261. The molecule has 0 saturated heterocycles. The number of benzene rings is 3. The van der Waals surface area contributed by atoms with Gasteiger partial charge in [-0.25, -0.2) is 4.39 Å². The largest absolute Gasteiger partial charge is 0.361 e. The molecule has 1 atom stereocenters. The highest BCUT2D eigenvalue weighted by atomic mass is 19.1. The molecule has 29 heavy (non-hydrogen) atoms. The van der Waals surface area contributed by atoms with E-state index in [1.807, 2.05) is 36.5 Å². The van der Waals surface area contributed by atoms with Crippen molar-refractivity contribution < 1.29 is 9.18 Å². The molecule has 1 unspecified atom stereocenters. The Morgan fingerprint density at radius 2 is 1.66 bits per heavy atom. The average Bonchev–Trinajstić information content (AvgIpc) is 3.18. The molecule has 0 radical (unpaired) electrons. The highest BCUT2D eigenvalue weighted by molar-refractivity contribution is 5.84. The van der Waals surface area contributed by atoms with Gasteiger partial charge in [0.1, 0.15) is 5.82 Å². The SMILES string of the molecule is O=C(CCc1ccc(F)cc1)NCC(c1ccccc1)c1c[nH]c2ccccc12. The molecule has 1 amide bonds. The lowest BCUT2D eigenvalue weighted by Gasteiger charge is -2.18. The molecule has 0 bridgehead atoms. The smallest absolute Gasteiger partial charge is 0.220 e. The number of hydrogen-bond acceptors (Lipinski definition) is 1. The molecule has 0 aliphatic carbocycles. The van der Waals surface area contributed by atoms with Gasteiger partial charge in [-0.3, -0.25) is 4.79 Å². The number of amides is 1. The number of aryl methyl sites for hydroxylation is 1. The van der Waals surface area contributed by atoms with Crippen LogP contribution in [0.25, 0.3) is 10.9 Å². The van der Waals surface area contributed by atoms with Crippen LogP contribution in [-0.4, -0.2) is 17.4 Å². The Kier molecular flexibility index (Phi) is 5.71. The van der Waals surface area contributed by atoms with Gasteiger partial charge >= 0.3 is 0 Å². The van der Waals surface area contributed by atoms with Crippen molar-refractivity contribution in [2.24, 2.45) is 0 Å². The highest BCUT2D eigenvalue weighted by Crippen LogP contribution is 2.30. The third-order valence-electron chi connectivity index (χ3n) is 5.26. The van der Waals surface area contributed by atoms with Gasteiger partial charge in [-0.1, -0.05) is 60.7 Å². The number of nitrogens with one attached hydrogen (secondary N) is 2. The van der Waals surface area contributed by atoms with E-state index >= 15 is 0 Å². The lowest BCUT2D eigenvalue weighted by molar-refractivity contribution is -0.121. The van der Waals surface area contributed by atoms with E-state index < -0.39 is 0 Å². The number of fused-ring (bicyclic) bond motifs is 1. The second kappa shape index (κ2) is 8.74. The predicted octanol–water partition coefficient (Wildman–Crippen LogP) is 5.19. The highest BCUT2D eigenvalue weighted by Gasteiger charge is 2.18. The summed E-state index contributed by atoms with van der Waals surface area (Å²) in [5.74, 6) is -0.208. The molecule has 0 aliphatic heterocycles. The summed E-state index contributed by atoms with van der Waals surface area (Å²) in [4.78, 5) is 15.8. The average molecular weight is 386 g/mol. The zero-order valence-electron chi connectivity index (χ0n) is 16.1. The van der Waals surface area contributed by atoms with Gasteiger partial charge in [0.15, 0.2) is 0 Å². The minimum Gasteiger partial charge on any atom is -0.361 e. The van der Waals surface area contributed by atoms with E-state index in [-0.39, 0.29) is 17.6 Å². The van der Waals surface area contributed by atoms with E-state index in [0.29, 0.717) is 19.4 Å². The van der Waals surface area contributed by atoms with Crippen molar-refractivity contribution in [2.45, 2.75) is 18.8 Å². The fraction of sp³-hybridized carbons (Fsp3) is 0.160. The third-order valence-corrected chi connectivity index (χ3v) is 5.26. The van der Waals surface area contributed by atoms with Crippen LogP contribution in [0.15, 0.2) is 85.1 Å². The first kappa shape index (κ1) is 18.9. The maximum Gasteiger partial charge on any atom is 0.220 e. The fourth-order valence-corrected chi connectivity index (χ4v) is 3.69. The summed E-state index contributed by atoms with van der Waals surface area (Å²) < 4.78 is 13.0. The van der Waals surface area contributed by atoms with Crippen LogP contribution in [0, 0.1) is 5.82 Å². The predicted molar refractivity (Wildman–Crippen MR) is 114 cm³/mol. The molecule has 3 aromatic carbocycles. The normalized spacial score (nSPS) is 12.0. The maximum atomic E-state index is 13.0. The first-order valence-corrected chi connectivity index (χ1v) is 9.83. The van der Waals surface area contributed by atoms with E-state index in [2.05, 4.69) is 34.6 Å². The van der Waals surface area contributed by atoms with Gasteiger partial charge in [0.25, 0.3) is 0 Å². The van der Waals surface area contributed by atoms with Crippen LogP contribution in [-0.2, 0) is 11.2 Å². The molecule has 4 aromatic rings. The molecular formula is C25H23FN2O. The van der Waals surface area contributed by atoms with Crippen molar-refractivity contribution in [1.82, 2.24) is 10.3 Å². The van der Waals surface area contributed by atoms with Crippen molar-refractivity contribution in [3.63, 3.8) is 0 Å². The Bertz CT molecular complexity index is 1090. The molecule has 146 valence electrons. The van der Waals surface area contributed by atoms with E-state index in [1.165, 1.54) is 23.1 Å². The van der Waals surface area contributed by atoms with Crippen molar-refractivity contribution in [3.8, 4) is 0 Å². The Balaban J connectivity index is 1.47. The first-order valence-electron chi connectivity index (χ1n) is 9.83. The van der Waals surface area contributed by atoms with E-state index in [4.69, 9.17) is 0 Å². The lowest BCUT2D eigenvalue weighted by Crippen LogP contribution is -2.29. The van der Waals surface area contributed by atoms with Crippen molar-refractivity contribution in [3.05, 3.63) is 108 Å². The Labute approximate surface area is 169 Å². The Morgan fingerprint density at radius 3 is 2.45 bits per heavy atom. The van der Waals surface area contributed by atoms with Crippen LogP contribution in [0.4, 0.5) is 4.39 Å². The summed E-state index contributed by atoms with van der Waals surface area (Å²) in [6.07, 6.45) is 3.00. The second-order valence-corrected chi connectivity index (χ2v) is 7.18. The molecule has 1 aromatic heterocycles. The van der Waals surface area contributed by atoms with Gasteiger partial charge < -0.3 is 10.3 Å². The molecule has 4 rings (SSSR count). The number of H-pyrrole nitrogens is 1. The van der Waals surface area contributed by atoms with Gasteiger partial charge in [0.05, 0.1) is 0 Å². The molecule has 3 nitrogen and oxygen atoms in total. The first-order chi connectivity index (χ1) is 14.2. The summed E-state index contributed by atoms with van der Waals surface area (Å²) in [7, 11) is 0. The number of hydrogen-bond donors (Lipinski definition) is 2. The number of aromatic amines is 1. The number of aromatic nitrogens is 1. The zero-order valence-corrected chi connectivity index (χ0v) is 16.1. The quantitative estimate of drug-likeness (QED) is 0.451. The lowest BCUT2D eigenvalue weighted by atomic mass is 9.91. The maximum absolute atomic E-state index is 13.0. The summed E-state index contributed by atoms with van der Waals surface area (Å²) in [5, 5.41) is 4.26. The van der Waals surface area contributed by atoms with E-state index in [1.54, 1.807) is 12.1 Å². The van der Waals surface area contributed by atoms with Crippen LogP contribution >= 0.6 is 0 Å². The molecule has 4 heteroatoms. The molecule has 0 spiro atoms. The number of carbonyl (C=O) groups excluding carboxylic acids is 1.